The van der Waals surface area contributed by atoms with Crippen molar-refractivity contribution in [3.8, 4) is 5.75 Å². The molecule has 38 heavy (non-hydrogen) atoms. The summed E-state index contributed by atoms with van der Waals surface area (Å²) in [6, 6.07) is 17.5. The second kappa shape index (κ2) is 11.0. The van der Waals surface area contributed by atoms with Crippen LogP contribution < -0.4 is 10.1 Å². The number of para-hydroxylation sites is 1. The molecule has 1 aromatic heterocycles. The molecule has 3 aromatic rings. The van der Waals surface area contributed by atoms with E-state index in [1.807, 2.05) is 44.2 Å². The van der Waals surface area contributed by atoms with Crippen molar-refractivity contribution < 1.29 is 23.8 Å². The molecule has 1 fully saturated rings. The van der Waals surface area contributed by atoms with E-state index >= 15 is 0 Å². The van der Waals surface area contributed by atoms with E-state index in [4.69, 9.17) is 25.8 Å². The summed E-state index contributed by atoms with van der Waals surface area (Å²) in [5, 5.41) is 7.78. The highest BCUT2D eigenvalue weighted by Gasteiger charge is 2.35. The standard InChI is InChI=1S/C28H29ClN4O5/c1-28(2)36-18-21(38-28)16-32-13-12-25(31-32)30-27(35)23(14-19-8-4-3-5-9-19)33-17-20(15-26(33)34)37-24-11-7-6-10-22(24)29/h3-13,15,21,23H,14,16-18H2,1-2H3,(H,30,31,35)/t21-,23?/m1/s1. The largest absolute Gasteiger partial charge is 0.458 e. The van der Waals surface area contributed by atoms with E-state index in [-0.39, 0.29) is 24.5 Å². The van der Waals surface area contributed by atoms with E-state index in [1.165, 1.54) is 11.0 Å². The van der Waals surface area contributed by atoms with Gasteiger partial charge in [-0.1, -0.05) is 54.1 Å². The molecule has 1 saturated heterocycles. The number of ether oxygens (including phenoxy) is 3. The van der Waals surface area contributed by atoms with Crippen molar-refractivity contribution >= 4 is 29.2 Å². The van der Waals surface area contributed by atoms with Gasteiger partial charge in [0.05, 0.1) is 24.7 Å². The van der Waals surface area contributed by atoms with Crippen LogP contribution in [-0.2, 0) is 32.0 Å². The highest BCUT2D eigenvalue weighted by Crippen LogP contribution is 2.28. The number of hydrogen-bond acceptors (Lipinski definition) is 6. The molecule has 2 amide bonds. The van der Waals surface area contributed by atoms with Crippen molar-refractivity contribution in [2.75, 3.05) is 18.5 Å². The Balaban J connectivity index is 1.28. The second-order valence-corrected chi connectivity index (χ2v) is 10.1. The minimum atomic E-state index is -0.786. The Morgan fingerprint density at radius 3 is 2.68 bits per heavy atom. The number of rotatable bonds is 9. The van der Waals surface area contributed by atoms with Crippen molar-refractivity contribution in [1.29, 1.82) is 0 Å². The van der Waals surface area contributed by atoms with Gasteiger partial charge in [-0.25, -0.2) is 0 Å². The van der Waals surface area contributed by atoms with Gasteiger partial charge < -0.3 is 24.4 Å². The van der Waals surface area contributed by atoms with Gasteiger partial charge in [0.2, 0.25) is 5.91 Å². The molecule has 0 saturated carbocycles. The average Bonchev–Trinajstić information content (AvgIpc) is 3.58. The summed E-state index contributed by atoms with van der Waals surface area (Å²) >= 11 is 6.22. The van der Waals surface area contributed by atoms with Crippen LogP contribution in [0.15, 0.2) is 78.7 Å². The molecule has 0 spiro atoms. The molecular formula is C28H29ClN4O5. The Hall–Kier alpha value is -3.66. The molecule has 3 heterocycles. The molecule has 198 valence electrons. The van der Waals surface area contributed by atoms with Gasteiger partial charge in [0.25, 0.3) is 5.91 Å². The monoisotopic (exact) mass is 536 g/mol. The van der Waals surface area contributed by atoms with Gasteiger partial charge in [-0.05, 0) is 31.5 Å². The number of halogens is 1. The first-order valence-corrected chi connectivity index (χ1v) is 12.8. The smallest absolute Gasteiger partial charge is 0.251 e. The van der Waals surface area contributed by atoms with Crippen LogP contribution in [0.3, 0.4) is 0 Å². The van der Waals surface area contributed by atoms with E-state index in [1.54, 1.807) is 41.2 Å². The van der Waals surface area contributed by atoms with Crippen LogP contribution in [0.2, 0.25) is 5.02 Å². The van der Waals surface area contributed by atoms with Gasteiger partial charge in [0.15, 0.2) is 11.6 Å². The first kappa shape index (κ1) is 26.0. The number of carbonyl (C=O) groups excluding carboxylic acids is 2. The van der Waals surface area contributed by atoms with Crippen molar-refractivity contribution in [2.24, 2.45) is 0 Å². The fraction of sp³-hybridized carbons (Fsp3) is 0.321. The molecule has 2 aliphatic heterocycles. The van der Waals surface area contributed by atoms with Crippen molar-refractivity contribution in [1.82, 2.24) is 14.7 Å². The third-order valence-corrected chi connectivity index (χ3v) is 6.58. The predicted octanol–water partition coefficient (Wildman–Crippen LogP) is 4.04. The first-order valence-electron chi connectivity index (χ1n) is 12.4. The van der Waals surface area contributed by atoms with E-state index < -0.39 is 11.8 Å². The maximum Gasteiger partial charge on any atom is 0.251 e. The quantitative estimate of drug-likeness (QED) is 0.443. The molecule has 5 rings (SSSR count). The first-order chi connectivity index (χ1) is 18.3. The SMILES string of the molecule is CC1(C)OC[C@@H](Cn2ccc(NC(=O)C(Cc3ccccc3)N3CC(Oc4ccccc4Cl)=CC3=O)n2)O1. The maximum atomic E-state index is 13.5. The summed E-state index contributed by atoms with van der Waals surface area (Å²) in [5.74, 6) is -0.0244. The van der Waals surface area contributed by atoms with Crippen LogP contribution in [0.5, 0.6) is 5.75 Å². The fourth-order valence-electron chi connectivity index (χ4n) is 4.49. The molecule has 10 heteroatoms. The minimum absolute atomic E-state index is 0.135. The number of hydrogen-bond donors (Lipinski definition) is 1. The van der Waals surface area contributed by atoms with Gasteiger partial charge in [0.1, 0.15) is 23.7 Å². The number of nitrogens with one attached hydrogen (secondary N) is 1. The highest BCUT2D eigenvalue weighted by atomic mass is 35.5. The lowest BCUT2D eigenvalue weighted by atomic mass is 10.0. The molecule has 0 radical (unpaired) electrons. The Morgan fingerprint density at radius 2 is 1.95 bits per heavy atom. The lowest BCUT2D eigenvalue weighted by molar-refractivity contribution is -0.139. The van der Waals surface area contributed by atoms with Crippen LogP contribution in [0, 0.1) is 0 Å². The van der Waals surface area contributed by atoms with E-state index in [0.717, 1.165) is 5.56 Å². The molecule has 2 atom stereocenters. The number of aromatic nitrogens is 2. The van der Waals surface area contributed by atoms with E-state index in [9.17, 15) is 9.59 Å². The van der Waals surface area contributed by atoms with Gasteiger partial charge in [-0.15, -0.1) is 0 Å². The van der Waals surface area contributed by atoms with Crippen molar-refractivity contribution in [3.05, 3.63) is 89.3 Å². The number of amides is 2. The van der Waals surface area contributed by atoms with Crippen molar-refractivity contribution in [3.63, 3.8) is 0 Å². The van der Waals surface area contributed by atoms with Crippen LogP contribution in [0.25, 0.3) is 0 Å². The molecule has 0 aliphatic carbocycles. The normalized spacial score (nSPS) is 19.3. The topological polar surface area (TPSA) is 94.9 Å². The fourth-order valence-corrected chi connectivity index (χ4v) is 4.66. The van der Waals surface area contributed by atoms with Crippen LogP contribution in [0.1, 0.15) is 19.4 Å². The van der Waals surface area contributed by atoms with E-state index in [0.29, 0.717) is 41.9 Å². The van der Waals surface area contributed by atoms with Crippen molar-refractivity contribution in [2.45, 2.75) is 44.7 Å². The zero-order valence-electron chi connectivity index (χ0n) is 21.2. The Kier molecular flexibility index (Phi) is 7.51. The molecular weight excluding hydrogens is 508 g/mol. The van der Waals surface area contributed by atoms with Gasteiger partial charge >= 0.3 is 0 Å². The second-order valence-electron chi connectivity index (χ2n) is 9.68. The third-order valence-electron chi connectivity index (χ3n) is 6.27. The van der Waals surface area contributed by atoms with Gasteiger partial charge in [-0.3, -0.25) is 14.3 Å². The Labute approximate surface area is 225 Å². The zero-order chi connectivity index (χ0) is 26.7. The molecule has 1 unspecified atom stereocenters. The molecule has 1 N–H and O–H groups in total. The molecule has 2 aromatic carbocycles. The molecule has 2 aliphatic rings. The number of anilines is 1. The van der Waals surface area contributed by atoms with Crippen LogP contribution in [0.4, 0.5) is 5.82 Å². The number of nitrogens with zero attached hydrogens (tertiary/aromatic N) is 3. The van der Waals surface area contributed by atoms with Gasteiger partial charge in [0, 0.05) is 24.8 Å². The van der Waals surface area contributed by atoms with Gasteiger partial charge in [-0.2, -0.15) is 5.10 Å². The third kappa shape index (κ3) is 6.24. The summed E-state index contributed by atoms with van der Waals surface area (Å²) in [6.45, 7) is 4.83. The minimum Gasteiger partial charge on any atom is -0.458 e. The summed E-state index contributed by atoms with van der Waals surface area (Å²) in [7, 11) is 0. The number of benzene rings is 2. The summed E-state index contributed by atoms with van der Waals surface area (Å²) in [6.07, 6.45) is 3.36. The van der Waals surface area contributed by atoms with E-state index in [2.05, 4.69) is 10.4 Å². The lowest BCUT2D eigenvalue weighted by Gasteiger charge is -2.27. The summed E-state index contributed by atoms with van der Waals surface area (Å²) in [4.78, 5) is 28.0. The molecule has 0 bridgehead atoms. The van der Waals surface area contributed by atoms with Crippen LogP contribution >= 0.6 is 11.6 Å². The number of carbonyl (C=O) groups is 2. The summed E-state index contributed by atoms with van der Waals surface area (Å²) in [5.41, 5.74) is 0.924. The molecule has 9 nitrogen and oxygen atoms in total. The summed E-state index contributed by atoms with van der Waals surface area (Å²) < 4.78 is 19.0. The maximum absolute atomic E-state index is 13.5. The highest BCUT2D eigenvalue weighted by molar-refractivity contribution is 6.32. The predicted molar refractivity (Wildman–Crippen MR) is 142 cm³/mol. The average molecular weight is 537 g/mol. The zero-order valence-corrected chi connectivity index (χ0v) is 21.9. The van der Waals surface area contributed by atoms with Crippen LogP contribution in [-0.4, -0.2) is 57.6 Å². The lowest BCUT2D eigenvalue weighted by Crippen LogP contribution is -2.47. The Bertz CT molecular complexity index is 1340. The Morgan fingerprint density at radius 1 is 1.18 bits per heavy atom.